The summed E-state index contributed by atoms with van der Waals surface area (Å²) in [6.45, 7) is 4.08. The summed E-state index contributed by atoms with van der Waals surface area (Å²) in [4.78, 5) is 3.74. The van der Waals surface area contributed by atoms with E-state index in [0.29, 0.717) is 5.92 Å². The Balaban J connectivity index is 1.72. The number of fused-ring (bicyclic) bond motifs is 3. The summed E-state index contributed by atoms with van der Waals surface area (Å²) in [6.07, 6.45) is 2.34. The highest BCUT2D eigenvalue weighted by molar-refractivity contribution is 7.09. The molecule has 90 valence electrons. The van der Waals surface area contributed by atoms with Gasteiger partial charge in [-0.15, -0.1) is 11.3 Å². The molecule has 3 aliphatic rings. The Kier molecular flexibility index (Phi) is 2.91. The predicted octanol–water partition coefficient (Wildman–Crippen LogP) is 1.83. The van der Waals surface area contributed by atoms with Crippen LogP contribution in [0.1, 0.15) is 17.7 Å². The minimum atomic E-state index is -0.305. The van der Waals surface area contributed by atoms with Crippen LogP contribution in [0.5, 0.6) is 0 Å². The first-order chi connectivity index (χ1) is 8.32. The van der Waals surface area contributed by atoms with Gasteiger partial charge in [0.1, 0.15) is 5.54 Å². The molecule has 17 heavy (non-hydrogen) atoms. The molecule has 0 aliphatic carbocycles. The molecule has 4 rings (SSSR count). The monoisotopic (exact) mass is 247 g/mol. The molecular formula is C13H17N3S. The van der Waals surface area contributed by atoms with Gasteiger partial charge in [-0.25, -0.2) is 0 Å². The van der Waals surface area contributed by atoms with Crippen LogP contribution in [0, 0.1) is 17.2 Å². The number of hydrogen-bond donors (Lipinski definition) is 1. The van der Waals surface area contributed by atoms with E-state index in [2.05, 4.69) is 33.8 Å². The lowest BCUT2D eigenvalue weighted by atomic mass is 9.73. The summed E-state index contributed by atoms with van der Waals surface area (Å²) < 4.78 is 0. The van der Waals surface area contributed by atoms with Crippen molar-refractivity contribution < 1.29 is 0 Å². The van der Waals surface area contributed by atoms with E-state index in [1.807, 2.05) is 0 Å². The van der Waals surface area contributed by atoms with Gasteiger partial charge in [0.15, 0.2) is 0 Å². The zero-order valence-corrected chi connectivity index (χ0v) is 10.7. The number of hydrogen-bond acceptors (Lipinski definition) is 4. The molecule has 3 saturated heterocycles. The lowest BCUT2D eigenvalue weighted by molar-refractivity contribution is 0.0362. The van der Waals surface area contributed by atoms with E-state index in [4.69, 9.17) is 0 Å². The molecule has 1 N–H and O–H groups in total. The van der Waals surface area contributed by atoms with Crippen LogP contribution in [-0.2, 0) is 6.54 Å². The second kappa shape index (κ2) is 4.41. The van der Waals surface area contributed by atoms with E-state index in [0.717, 1.165) is 13.1 Å². The molecule has 0 amide bonds. The molecule has 1 atom stereocenters. The van der Waals surface area contributed by atoms with Crippen LogP contribution in [0.25, 0.3) is 0 Å². The minimum Gasteiger partial charge on any atom is -0.300 e. The van der Waals surface area contributed by atoms with E-state index in [9.17, 15) is 5.26 Å². The molecule has 4 heterocycles. The third-order valence-corrected chi connectivity index (χ3v) is 4.99. The lowest BCUT2D eigenvalue weighted by Crippen LogP contribution is -2.64. The van der Waals surface area contributed by atoms with Crippen molar-refractivity contribution in [3.63, 3.8) is 0 Å². The van der Waals surface area contributed by atoms with Crippen molar-refractivity contribution in [1.29, 1.82) is 5.26 Å². The summed E-state index contributed by atoms with van der Waals surface area (Å²) in [6, 6.07) is 6.76. The predicted molar refractivity (Wildman–Crippen MR) is 68.7 cm³/mol. The maximum absolute atomic E-state index is 9.56. The van der Waals surface area contributed by atoms with Gasteiger partial charge < -0.3 is 4.90 Å². The third kappa shape index (κ3) is 1.99. The summed E-state index contributed by atoms with van der Waals surface area (Å²) in [7, 11) is 0. The zero-order chi connectivity index (χ0) is 11.7. The second-order valence-electron chi connectivity index (χ2n) is 5.07. The Morgan fingerprint density at radius 1 is 1.53 bits per heavy atom. The highest BCUT2D eigenvalue weighted by Crippen LogP contribution is 2.35. The summed E-state index contributed by atoms with van der Waals surface area (Å²) in [5.41, 5.74) is -0.305. The first-order valence-electron chi connectivity index (χ1n) is 6.23. The Morgan fingerprint density at radius 2 is 2.35 bits per heavy atom. The number of rotatable bonds is 3. The van der Waals surface area contributed by atoms with Gasteiger partial charge in [0.25, 0.3) is 0 Å². The van der Waals surface area contributed by atoms with Crippen molar-refractivity contribution in [3.8, 4) is 6.07 Å². The topological polar surface area (TPSA) is 39.1 Å². The Morgan fingerprint density at radius 3 is 2.88 bits per heavy atom. The van der Waals surface area contributed by atoms with Gasteiger partial charge in [-0.2, -0.15) is 5.26 Å². The van der Waals surface area contributed by atoms with Crippen molar-refractivity contribution >= 4 is 11.3 Å². The maximum Gasteiger partial charge on any atom is 0.122 e. The standard InChI is InChI=1S/C13H17N3S/c14-9-13(15-8-12-2-1-7-17-12)10-16-5-3-11(13)4-6-16/h1-2,7,11,15H,3-6,8,10H2. The minimum absolute atomic E-state index is 0.305. The van der Waals surface area contributed by atoms with E-state index >= 15 is 0 Å². The smallest absolute Gasteiger partial charge is 0.122 e. The molecule has 0 aromatic carbocycles. The molecule has 4 heteroatoms. The SMILES string of the molecule is N#CC1(NCc2cccs2)CN2CCC1CC2. The quantitative estimate of drug-likeness (QED) is 0.885. The van der Waals surface area contributed by atoms with E-state index in [1.165, 1.54) is 30.8 Å². The van der Waals surface area contributed by atoms with Crippen LogP contribution in [0.15, 0.2) is 17.5 Å². The van der Waals surface area contributed by atoms with Gasteiger partial charge in [-0.1, -0.05) is 6.07 Å². The normalized spacial score (nSPS) is 35.7. The number of nitriles is 1. The highest BCUT2D eigenvalue weighted by atomic mass is 32.1. The second-order valence-corrected chi connectivity index (χ2v) is 6.10. The number of piperidine rings is 3. The van der Waals surface area contributed by atoms with Crippen LogP contribution in [-0.4, -0.2) is 30.1 Å². The Labute approximate surface area is 106 Å². The molecule has 1 unspecified atom stereocenters. The molecule has 3 nitrogen and oxygen atoms in total. The van der Waals surface area contributed by atoms with Gasteiger partial charge in [-0.3, -0.25) is 5.32 Å². The van der Waals surface area contributed by atoms with Crippen LogP contribution < -0.4 is 5.32 Å². The molecule has 0 spiro atoms. The molecule has 1 aromatic heterocycles. The van der Waals surface area contributed by atoms with Crippen LogP contribution in [0.4, 0.5) is 0 Å². The number of nitrogens with zero attached hydrogens (tertiary/aromatic N) is 2. The van der Waals surface area contributed by atoms with Gasteiger partial charge in [0.2, 0.25) is 0 Å². The molecular weight excluding hydrogens is 230 g/mol. The average Bonchev–Trinajstić information content (AvgIpc) is 2.91. The Bertz CT molecular complexity index is 414. The number of thiophene rings is 1. The largest absolute Gasteiger partial charge is 0.300 e. The fourth-order valence-corrected chi connectivity index (χ4v) is 3.73. The van der Waals surface area contributed by atoms with Crippen molar-refractivity contribution in [2.45, 2.75) is 24.9 Å². The van der Waals surface area contributed by atoms with Crippen LogP contribution >= 0.6 is 11.3 Å². The molecule has 0 saturated carbocycles. The first-order valence-corrected chi connectivity index (χ1v) is 7.11. The van der Waals surface area contributed by atoms with Crippen LogP contribution in [0.2, 0.25) is 0 Å². The molecule has 3 aliphatic heterocycles. The van der Waals surface area contributed by atoms with Crippen molar-refractivity contribution in [2.24, 2.45) is 5.92 Å². The zero-order valence-electron chi connectivity index (χ0n) is 9.85. The van der Waals surface area contributed by atoms with Crippen molar-refractivity contribution in [2.75, 3.05) is 19.6 Å². The summed E-state index contributed by atoms with van der Waals surface area (Å²) in [5, 5.41) is 15.2. The first kappa shape index (κ1) is 11.2. The molecule has 1 aromatic rings. The molecule has 2 bridgehead atoms. The fourth-order valence-electron chi connectivity index (χ4n) is 3.09. The number of nitrogens with one attached hydrogen (secondary N) is 1. The average molecular weight is 247 g/mol. The molecule has 3 fully saturated rings. The Hall–Kier alpha value is -0.890. The third-order valence-electron chi connectivity index (χ3n) is 4.12. The summed E-state index contributed by atoms with van der Waals surface area (Å²) >= 11 is 1.76. The fraction of sp³-hybridized carbons (Fsp3) is 0.615. The van der Waals surface area contributed by atoms with Crippen molar-refractivity contribution in [1.82, 2.24) is 10.2 Å². The van der Waals surface area contributed by atoms with E-state index < -0.39 is 0 Å². The van der Waals surface area contributed by atoms with E-state index in [1.54, 1.807) is 11.3 Å². The van der Waals surface area contributed by atoms with Gasteiger partial charge in [-0.05, 0) is 43.3 Å². The van der Waals surface area contributed by atoms with Gasteiger partial charge in [0.05, 0.1) is 6.07 Å². The van der Waals surface area contributed by atoms with E-state index in [-0.39, 0.29) is 5.54 Å². The van der Waals surface area contributed by atoms with Gasteiger partial charge in [0, 0.05) is 18.0 Å². The van der Waals surface area contributed by atoms with Gasteiger partial charge >= 0.3 is 0 Å². The molecule has 0 radical (unpaired) electrons. The highest BCUT2D eigenvalue weighted by Gasteiger charge is 2.46. The lowest BCUT2D eigenvalue weighted by Gasteiger charge is -2.50. The summed E-state index contributed by atoms with van der Waals surface area (Å²) in [5.74, 6) is 0.539. The van der Waals surface area contributed by atoms with Crippen molar-refractivity contribution in [3.05, 3.63) is 22.4 Å². The van der Waals surface area contributed by atoms with Crippen LogP contribution in [0.3, 0.4) is 0 Å². The maximum atomic E-state index is 9.56.